The lowest BCUT2D eigenvalue weighted by Gasteiger charge is -2.02. The van der Waals surface area contributed by atoms with Gasteiger partial charge in [0.15, 0.2) is 0 Å². The third-order valence-corrected chi connectivity index (χ3v) is 4.57. The maximum atomic E-state index is 3.58. The molecule has 2 unspecified atom stereocenters. The number of nitrogens with one attached hydrogen (secondary N) is 1. The molecular formula is C14H17NS. The number of benzene rings is 1. The Hall–Kier alpha value is -0.860. The lowest BCUT2D eigenvalue weighted by atomic mass is 10.2. The first-order valence-electron chi connectivity index (χ1n) is 6.00. The second-order valence-corrected chi connectivity index (χ2v) is 5.77. The zero-order valence-electron chi connectivity index (χ0n) is 9.57. The number of fused-ring (bicyclic) bond motifs is 1. The van der Waals surface area contributed by atoms with Crippen LogP contribution < -0.4 is 5.32 Å². The molecule has 1 aliphatic carbocycles. The number of thiophene rings is 1. The van der Waals surface area contributed by atoms with E-state index in [9.17, 15) is 0 Å². The van der Waals surface area contributed by atoms with Crippen LogP contribution in [0, 0.1) is 11.8 Å². The Balaban J connectivity index is 1.65. The lowest BCUT2D eigenvalue weighted by Crippen LogP contribution is -2.16. The summed E-state index contributed by atoms with van der Waals surface area (Å²) < 4.78 is 1.40. The molecule has 1 N–H and O–H groups in total. The van der Waals surface area contributed by atoms with Crippen LogP contribution in [0.25, 0.3) is 10.1 Å². The maximum absolute atomic E-state index is 3.58. The van der Waals surface area contributed by atoms with Crippen molar-refractivity contribution in [2.75, 3.05) is 6.54 Å². The van der Waals surface area contributed by atoms with E-state index < -0.39 is 0 Å². The molecule has 2 atom stereocenters. The summed E-state index contributed by atoms with van der Waals surface area (Å²) in [5.41, 5.74) is 1.45. The molecule has 1 heterocycles. The van der Waals surface area contributed by atoms with Crippen molar-refractivity contribution in [2.45, 2.75) is 19.9 Å². The monoisotopic (exact) mass is 231 g/mol. The highest BCUT2D eigenvalue weighted by Crippen LogP contribution is 2.36. The van der Waals surface area contributed by atoms with E-state index in [2.05, 4.69) is 41.9 Å². The van der Waals surface area contributed by atoms with Gasteiger partial charge in [0.25, 0.3) is 0 Å². The third-order valence-electron chi connectivity index (χ3n) is 3.56. The molecule has 0 aliphatic heterocycles. The van der Waals surface area contributed by atoms with Crippen molar-refractivity contribution in [3.63, 3.8) is 0 Å². The Morgan fingerprint density at radius 2 is 2.19 bits per heavy atom. The van der Waals surface area contributed by atoms with E-state index in [1.165, 1.54) is 28.6 Å². The molecule has 1 aromatic carbocycles. The van der Waals surface area contributed by atoms with Crippen LogP contribution in [0.5, 0.6) is 0 Å². The minimum Gasteiger partial charge on any atom is -0.312 e. The first-order chi connectivity index (χ1) is 7.84. The molecule has 1 aromatic heterocycles. The molecule has 0 radical (unpaired) electrons. The molecule has 1 saturated carbocycles. The zero-order valence-corrected chi connectivity index (χ0v) is 10.4. The Labute approximate surface area is 100 Å². The summed E-state index contributed by atoms with van der Waals surface area (Å²) in [5, 5.41) is 7.28. The van der Waals surface area contributed by atoms with Crippen LogP contribution in [0.3, 0.4) is 0 Å². The predicted octanol–water partition coefficient (Wildman–Crippen LogP) is 3.65. The molecule has 1 aliphatic rings. The molecule has 2 aromatic rings. The van der Waals surface area contributed by atoms with Crippen LogP contribution in [-0.2, 0) is 6.54 Å². The molecule has 0 bridgehead atoms. The van der Waals surface area contributed by atoms with Gasteiger partial charge in [0, 0.05) is 11.2 Å². The quantitative estimate of drug-likeness (QED) is 0.847. The highest BCUT2D eigenvalue weighted by molar-refractivity contribution is 7.17. The molecule has 0 amide bonds. The smallest absolute Gasteiger partial charge is 0.0346 e. The molecule has 16 heavy (non-hydrogen) atoms. The van der Waals surface area contributed by atoms with Gasteiger partial charge in [0.2, 0.25) is 0 Å². The standard InChI is InChI=1S/C14H17NS/c1-10-6-11(10)7-15-8-12-9-16-14-5-3-2-4-13(12)14/h2-5,9-11,15H,6-8H2,1H3. The van der Waals surface area contributed by atoms with Gasteiger partial charge in [-0.3, -0.25) is 0 Å². The number of rotatable bonds is 4. The molecule has 1 nitrogen and oxygen atoms in total. The fourth-order valence-electron chi connectivity index (χ4n) is 2.25. The summed E-state index contributed by atoms with van der Waals surface area (Å²) in [5.74, 6) is 1.89. The van der Waals surface area contributed by atoms with Crippen molar-refractivity contribution >= 4 is 21.4 Å². The van der Waals surface area contributed by atoms with Crippen LogP contribution in [0.2, 0.25) is 0 Å². The van der Waals surface area contributed by atoms with Gasteiger partial charge in [0.1, 0.15) is 0 Å². The van der Waals surface area contributed by atoms with Gasteiger partial charge in [-0.2, -0.15) is 0 Å². The van der Waals surface area contributed by atoms with Gasteiger partial charge in [-0.05, 0) is 47.2 Å². The summed E-state index contributed by atoms with van der Waals surface area (Å²) in [6.45, 7) is 4.55. The van der Waals surface area contributed by atoms with Gasteiger partial charge in [-0.1, -0.05) is 25.1 Å². The van der Waals surface area contributed by atoms with Crippen LogP contribution in [-0.4, -0.2) is 6.54 Å². The Bertz CT molecular complexity index is 488. The van der Waals surface area contributed by atoms with Gasteiger partial charge in [0.05, 0.1) is 0 Å². The fourth-order valence-corrected chi connectivity index (χ4v) is 3.21. The Morgan fingerprint density at radius 1 is 1.38 bits per heavy atom. The normalized spacial score (nSPS) is 23.8. The Morgan fingerprint density at radius 3 is 3.00 bits per heavy atom. The molecule has 84 valence electrons. The van der Waals surface area contributed by atoms with Crippen molar-refractivity contribution in [3.05, 3.63) is 35.2 Å². The van der Waals surface area contributed by atoms with E-state index in [0.29, 0.717) is 0 Å². The van der Waals surface area contributed by atoms with Gasteiger partial charge >= 0.3 is 0 Å². The van der Waals surface area contributed by atoms with Crippen LogP contribution in [0.4, 0.5) is 0 Å². The summed E-state index contributed by atoms with van der Waals surface area (Å²) in [6.07, 6.45) is 1.41. The van der Waals surface area contributed by atoms with Crippen molar-refractivity contribution in [1.29, 1.82) is 0 Å². The largest absolute Gasteiger partial charge is 0.312 e. The minimum atomic E-state index is 0.935. The SMILES string of the molecule is CC1CC1CNCc1csc2ccccc12. The zero-order chi connectivity index (χ0) is 11.0. The van der Waals surface area contributed by atoms with E-state index in [1.54, 1.807) is 0 Å². The summed E-state index contributed by atoms with van der Waals surface area (Å²) in [4.78, 5) is 0. The fraction of sp³-hybridized carbons (Fsp3) is 0.429. The van der Waals surface area contributed by atoms with E-state index in [1.807, 2.05) is 11.3 Å². The van der Waals surface area contributed by atoms with E-state index in [0.717, 1.165) is 18.4 Å². The van der Waals surface area contributed by atoms with Gasteiger partial charge in [-0.15, -0.1) is 11.3 Å². The summed E-state index contributed by atoms with van der Waals surface area (Å²) >= 11 is 1.85. The van der Waals surface area contributed by atoms with E-state index >= 15 is 0 Å². The molecular weight excluding hydrogens is 214 g/mol. The molecule has 0 saturated heterocycles. The summed E-state index contributed by atoms with van der Waals surface area (Å²) in [7, 11) is 0. The molecule has 0 spiro atoms. The predicted molar refractivity (Wildman–Crippen MR) is 70.8 cm³/mol. The first kappa shape index (κ1) is 10.3. The first-order valence-corrected chi connectivity index (χ1v) is 6.88. The second-order valence-electron chi connectivity index (χ2n) is 4.86. The van der Waals surface area contributed by atoms with Crippen LogP contribution in [0.1, 0.15) is 18.9 Å². The topological polar surface area (TPSA) is 12.0 Å². The van der Waals surface area contributed by atoms with Crippen molar-refractivity contribution in [2.24, 2.45) is 11.8 Å². The highest BCUT2D eigenvalue weighted by Gasteiger charge is 2.31. The van der Waals surface area contributed by atoms with Crippen molar-refractivity contribution < 1.29 is 0 Å². The molecule has 2 heteroatoms. The van der Waals surface area contributed by atoms with E-state index in [4.69, 9.17) is 0 Å². The van der Waals surface area contributed by atoms with Crippen molar-refractivity contribution in [1.82, 2.24) is 5.32 Å². The highest BCUT2D eigenvalue weighted by atomic mass is 32.1. The van der Waals surface area contributed by atoms with Crippen LogP contribution in [0.15, 0.2) is 29.6 Å². The maximum Gasteiger partial charge on any atom is 0.0346 e. The number of hydrogen-bond donors (Lipinski definition) is 1. The molecule has 1 fully saturated rings. The second kappa shape index (κ2) is 4.19. The Kier molecular flexibility index (Phi) is 2.70. The van der Waals surface area contributed by atoms with Crippen LogP contribution >= 0.6 is 11.3 Å². The lowest BCUT2D eigenvalue weighted by molar-refractivity contribution is 0.614. The molecule has 3 rings (SSSR count). The summed E-state index contributed by atoms with van der Waals surface area (Å²) in [6, 6.07) is 8.67. The minimum absolute atomic E-state index is 0.935. The van der Waals surface area contributed by atoms with E-state index in [-0.39, 0.29) is 0 Å². The third kappa shape index (κ3) is 2.00. The average molecular weight is 231 g/mol. The van der Waals surface area contributed by atoms with Crippen molar-refractivity contribution in [3.8, 4) is 0 Å². The average Bonchev–Trinajstić information content (AvgIpc) is 2.86. The van der Waals surface area contributed by atoms with Gasteiger partial charge in [-0.25, -0.2) is 0 Å². The number of hydrogen-bond acceptors (Lipinski definition) is 2. The van der Waals surface area contributed by atoms with Gasteiger partial charge < -0.3 is 5.32 Å².